The molecule has 10 heteroatoms. The Morgan fingerprint density at radius 3 is 2.36 bits per heavy atom. The Bertz CT molecular complexity index is 1330. The quantitative estimate of drug-likeness (QED) is 0.153. The molecule has 3 rings (SSSR count). The number of halogens is 1. The van der Waals surface area contributed by atoms with Gasteiger partial charge in [0.1, 0.15) is 22.8 Å². The molecule has 0 aliphatic carbocycles. The van der Waals surface area contributed by atoms with Gasteiger partial charge < -0.3 is 24.5 Å². The van der Waals surface area contributed by atoms with Crippen molar-refractivity contribution in [1.82, 2.24) is 9.97 Å². The van der Waals surface area contributed by atoms with Crippen molar-refractivity contribution in [3.63, 3.8) is 0 Å². The first-order chi connectivity index (χ1) is 18.4. The van der Waals surface area contributed by atoms with Gasteiger partial charge in [-0.2, -0.15) is 0 Å². The van der Waals surface area contributed by atoms with E-state index >= 15 is 0 Å². The summed E-state index contributed by atoms with van der Waals surface area (Å²) in [5.41, 5.74) is 9.31. The minimum absolute atomic E-state index is 0.146. The molecule has 8 nitrogen and oxygen atoms in total. The number of pyridine rings is 2. The third-order valence-corrected chi connectivity index (χ3v) is 12.0. The summed E-state index contributed by atoms with van der Waals surface area (Å²) in [7, 11) is 3.09. The molecular weight excluding hydrogens is 530 g/mol. The van der Waals surface area contributed by atoms with Crippen molar-refractivity contribution in [3.05, 3.63) is 53.3 Å². The fourth-order valence-electron chi connectivity index (χ4n) is 3.81. The molecule has 0 bridgehead atoms. The molecule has 0 saturated carbocycles. The van der Waals surface area contributed by atoms with Crippen molar-refractivity contribution in [1.29, 1.82) is 0 Å². The van der Waals surface area contributed by atoms with Gasteiger partial charge >= 0.3 is 0 Å². The van der Waals surface area contributed by atoms with Crippen LogP contribution < -0.4 is 20.1 Å². The lowest BCUT2D eigenvalue weighted by Gasteiger charge is -2.36. The zero-order valence-corrected chi connectivity index (χ0v) is 26.0. The summed E-state index contributed by atoms with van der Waals surface area (Å²) in [5.74, 6) is 2.09. The van der Waals surface area contributed by atoms with Gasteiger partial charge in [-0.3, -0.25) is 9.98 Å². The molecule has 0 spiro atoms. The molecule has 0 radical (unpaired) electrons. The fraction of sp³-hybridized carbons (Fsp3) is 0.414. The van der Waals surface area contributed by atoms with Crippen LogP contribution in [0.4, 0.5) is 11.5 Å². The van der Waals surface area contributed by atoms with Gasteiger partial charge in [0.05, 0.1) is 24.8 Å². The molecule has 0 amide bonds. The van der Waals surface area contributed by atoms with E-state index in [9.17, 15) is 0 Å². The van der Waals surface area contributed by atoms with Crippen LogP contribution in [0.5, 0.6) is 11.5 Å². The van der Waals surface area contributed by atoms with Crippen molar-refractivity contribution in [2.45, 2.75) is 45.3 Å². The number of anilines is 2. The summed E-state index contributed by atoms with van der Waals surface area (Å²) >= 11 is 6.85. The van der Waals surface area contributed by atoms with Crippen molar-refractivity contribution in [3.8, 4) is 11.5 Å². The van der Waals surface area contributed by atoms with Gasteiger partial charge in [-0.15, -0.1) is 0 Å². The van der Waals surface area contributed by atoms with Crippen LogP contribution in [0.15, 0.2) is 47.7 Å². The highest BCUT2D eigenvalue weighted by molar-refractivity contribution is 6.74. The van der Waals surface area contributed by atoms with E-state index < -0.39 is 8.32 Å². The normalized spacial score (nSPS) is 12.8. The number of hydrogen-bond donors (Lipinski definition) is 1. The third-order valence-electron chi connectivity index (χ3n) is 7.11. The predicted molar refractivity (Wildman–Crippen MR) is 165 cm³/mol. The second-order valence-corrected chi connectivity index (χ2v) is 15.9. The second-order valence-electron chi connectivity index (χ2n) is 10.7. The van der Waals surface area contributed by atoms with Crippen LogP contribution in [-0.2, 0) is 4.43 Å². The van der Waals surface area contributed by atoms with Crippen LogP contribution >= 0.6 is 11.6 Å². The maximum atomic E-state index is 6.85. The lowest BCUT2D eigenvalue weighted by atomic mass is 10.1. The first-order valence-corrected chi connectivity index (χ1v) is 16.2. The molecule has 0 atom stereocenters. The lowest BCUT2D eigenvalue weighted by Crippen LogP contribution is -2.41. The maximum Gasteiger partial charge on any atom is 0.191 e. The fourth-order valence-corrected chi connectivity index (χ4v) is 5.19. The largest absolute Gasteiger partial charge is 0.497 e. The van der Waals surface area contributed by atoms with Gasteiger partial charge in [0, 0.05) is 73.8 Å². The molecule has 0 aliphatic heterocycles. The van der Waals surface area contributed by atoms with Crippen molar-refractivity contribution in [2.75, 3.05) is 39.3 Å². The van der Waals surface area contributed by atoms with Crippen molar-refractivity contribution >= 4 is 54.2 Å². The number of nitrogens with zero attached hydrogens (tertiary/aromatic N) is 4. The van der Waals surface area contributed by atoms with Crippen molar-refractivity contribution in [2.24, 2.45) is 10.7 Å². The van der Waals surface area contributed by atoms with Crippen LogP contribution in [0.25, 0.3) is 16.6 Å². The maximum absolute atomic E-state index is 6.85. The summed E-state index contributed by atoms with van der Waals surface area (Å²) in [6.45, 7) is 12.6. The molecule has 2 N–H and O–H groups in total. The number of methoxy groups -OCH3 is 2. The van der Waals surface area contributed by atoms with Gasteiger partial charge in [0.15, 0.2) is 8.32 Å². The molecule has 1 aromatic carbocycles. The number of benzene rings is 1. The van der Waals surface area contributed by atoms with E-state index in [2.05, 4.69) is 48.7 Å². The molecule has 2 aromatic heterocycles. The molecule has 0 fully saturated rings. The van der Waals surface area contributed by atoms with E-state index in [1.807, 2.05) is 30.3 Å². The minimum Gasteiger partial charge on any atom is -0.497 e. The number of ether oxygens (including phenoxy) is 2. The topological polar surface area (TPSA) is 95.1 Å². The lowest BCUT2D eigenvalue weighted by molar-refractivity contribution is 0.284. The first-order valence-electron chi connectivity index (χ1n) is 12.9. The average Bonchev–Trinajstić information content (AvgIpc) is 2.91. The highest BCUT2D eigenvalue weighted by Crippen LogP contribution is 2.37. The number of nitrogens with two attached hydrogens (primary N) is 1. The molecule has 0 aliphatic rings. The molecule has 39 heavy (non-hydrogen) atoms. The molecule has 2 heterocycles. The van der Waals surface area contributed by atoms with E-state index in [1.54, 1.807) is 33.7 Å². The first kappa shape index (κ1) is 30.4. The third kappa shape index (κ3) is 7.09. The highest BCUT2D eigenvalue weighted by Gasteiger charge is 2.36. The van der Waals surface area contributed by atoms with E-state index in [4.69, 9.17) is 36.2 Å². The van der Waals surface area contributed by atoms with Gasteiger partial charge in [-0.1, -0.05) is 32.4 Å². The van der Waals surface area contributed by atoms with Gasteiger partial charge in [-0.05, 0) is 36.7 Å². The molecule has 0 unspecified atom stereocenters. The molecule has 3 aromatic rings. The second kappa shape index (κ2) is 12.8. The molecule has 210 valence electrons. The van der Waals surface area contributed by atoms with E-state index in [0.29, 0.717) is 57.7 Å². The Kier molecular flexibility index (Phi) is 9.98. The zero-order chi connectivity index (χ0) is 28.8. The Labute approximate surface area is 238 Å². The number of aromatic nitrogens is 2. The van der Waals surface area contributed by atoms with Crippen LogP contribution in [0.1, 0.15) is 32.8 Å². The standard InChI is InChI=1S/C29H40ClN5O3Si/c1-29(2,3)39(7,8)38-13-9-12-35(21-14-22(36-5)16-23(15-21)37-6)26-11-10-25-28(34-26)27(30)24(19-33-25)20(17-31)18-32-4/h10-11,14-19H,9,12-13,31H2,1-8H3. The van der Waals surface area contributed by atoms with Crippen LogP contribution in [0.3, 0.4) is 0 Å². The number of rotatable bonds is 11. The Morgan fingerprint density at radius 1 is 1.13 bits per heavy atom. The average molecular weight is 570 g/mol. The van der Waals surface area contributed by atoms with Crippen LogP contribution in [-0.4, -0.2) is 58.9 Å². The molecule has 0 saturated heterocycles. The van der Waals surface area contributed by atoms with E-state index in [1.165, 1.54) is 6.20 Å². The van der Waals surface area contributed by atoms with Gasteiger partial charge in [0.25, 0.3) is 0 Å². The Morgan fingerprint density at radius 2 is 1.79 bits per heavy atom. The summed E-state index contributed by atoms with van der Waals surface area (Å²) in [6.07, 6.45) is 5.60. The summed E-state index contributed by atoms with van der Waals surface area (Å²) in [5, 5.41) is 0.607. The van der Waals surface area contributed by atoms with Crippen molar-refractivity contribution < 1.29 is 13.9 Å². The minimum atomic E-state index is -1.86. The summed E-state index contributed by atoms with van der Waals surface area (Å²) in [4.78, 5) is 15.7. The summed E-state index contributed by atoms with van der Waals surface area (Å²) < 4.78 is 17.6. The SMILES string of the molecule is CN=CC(=CN)c1cnc2ccc(N(CCCO[Si](C)(C)C(C)(C)C)c3cc(OC)cc(OC)c3)nc2c1Cl. The highest BCUT2D eigenvalue weighted by atomic mass is 35.5. The smallest absolute Gasteiger partial charge is 0.191 e. The zero-order valence-electron chi connectivity index (χ0n) is 24.2. The Balaban J connectivity index is 2.05. The predicted octanol–water partition coefficient (Wildman–Crippen LogP) is 6.85. The van der Waals surface area contributed by atoms with Crippen LogP contribution in [0, 0.1) is 0 Å². The summed E-state index contributed by atoms with van der Waals surface area (Å²) in [6, 6.07) is 9.64. The number of fused-ring (bicyclic) bond motifs is 1. The number of allylic oxidation sites excluding steroid dienone is 1. The van der Waals surface area contributed by atoms with E-state index in [0.717, 1.165) is 12.1 Å². The van der Waals surface area contributed by atoms with Crippen LogP contribution in [0.2, 0.25) is 23.2 Å². The number of aliphatic imine (C=N–C) groups is 1. The number of hydrogen-bond acceptors (Lipinski definition) is 8. The Hall–Kier alpha value is -3.14. The van der Waals surface area contributed by atoms with Gasteiger partial charge in [0.2, 0.25) is 0 Å². The van der Waals surface area contributed by atoms with E-state index in [-0.39, 0.29) is 5.04 Å². The molecular formula is C29H40ClN5O3Si. The monoisotopic (exact) mass is 569 g/mol. The van der Waals surface area contributed by atoms with Gasteiger partial charge in [-0.25, -0.2) is 4.98 Å².